The number of ether oxygens (including phenoxy) is 1. The second kappa shape index (κ2) is 5.66. The van der Waals surface area contributed by atoms with Gasteiger partial charge in [0.05, 0.1) is 18.5 Å². The average molecular weight is 238 g/mol. The molecule has 0 aliphatic carbocycles. The Bertz CT molecular complexity index is 342. The number of thioether (sulfide) groups is 1. The highest BCUT2D eigenvalue weighted by atomic mass is 32.2. The van der Waals surface area contributed by atoms with Crippen molar-refractivity contribution in [1.29, 1.82) is 0 Å². The van der Waals surface area contributed by atoms with Crippen LogP contribution in [-0.4, -0.2) is 30.0 Å². The van der Waals surface area contributed by atoms with E-state index in [0.717, 1.165) is 24.8 Å². The average Bonchev–Trinajstić information content (AvgIpc) is 2.24. The van der Waals surface area contributed by atoms with Gasteiger partial charge in [-0.3, -0.25) is 0 Å². The number of aromatic nitrogens is 1. The molecule has 1 N–H and O–H groups in total. The molecule has 1 aromatic heterocycles. The third-order valence-electron chi connectivity index (χ3n) is 2.66. The van der Waals surface area contributed by atoms with E-state index < -0.39 is 0 Å². The van der Waals surface area contributed by atoms with Gasteiger partial charge < -0.3 is 10.1 Å². The minimum atomic E-state index is 0.363. The van der Waals surface area contributed by atoms with Gasteiger partial charge in [0.1, 0.15) is 5.03 Å². The summed E-state index contributed by atoms with van der Waals surface area (Å²) >= 11 is 1.84. The lowest BCUT2D eigenvalue weighted by atomic mass is 10.1. The Balaban J connectivity index is 2.09. The minimum Gasteiger partial charge on any atom is -0.379 e. The van der Waals surface area contributed by atoms with E-state index >= 15 is 0 Å². The van der Waals surface area contributed by atoms with E-state index in [1.54, 1.807) is 0 Å². The molecule has 2 heterocycles. The van der Waals surface area contributed by atoms with Crippen LogP contribution in [0.3, 0.4) is 0 Å². The smallest absolute Gasteiger partial charge is 0.101 e. The minimum absolute atomic E-state index is 0.363. The first-order chi connectivity index (χ1) is 7.81. The van der Waals surface area contributed by atoms with Gasteiger partial charge >= 0.3 is 0 Å². The van der Waals surface area contributed by atoms with Crippen molar-refractivity contribution in [2.24, 2.45) is 0 Å². The molecule has 1 aromatic rings. The van der Waals surface area contributed by atoms with Gasteiger partial charge in [-0.2, -0.15) is 0 Å². The number of nitrogens with zero attached hydrogens (tertiary/aromatic N) is 1. The summed E-state index contributed by atoms with van der Waals surface area (Å²) in [6.07, 6.45) is 1.87. The van der Waals surface area contributed by atoms with Gasteiger partial charge in [0.15, 0.2) is 0 Å². The Hall–Kier alpha value is -0.580. The molecule has 0 saturated carbocycles. The molecule has 0 bridgehead atoms. The summed E-state index contributed by atoms with van der Waals surface area (Å²) in [5, 5.41) is 5.16. The molecule has 88 valence electrons. The summed E-state index contributed by atoms with van der Waals surface area (Å²) < 4.78 is 5.19. The van der Waals surface area contributed by atoms with Crippen molar-refractivity contribution in [3.63, 3.8) is 0 Å². The Kier molecular flexibility index (Phi) is 4.21. The molecular weight excluding hydrogens is 220 g/mol. The van der Waals surface area contributed by atoms with Crippen molar-refractivity contribution in [1.82, 2.24) is 10.3 Å². The normalized spacial score (nSPS) is 18.1. The van der Waals surface area contributed by atoms with Crippen molar-refractivity contribution < 1.29 is 4.74 Å². The summed E-state index contributed by atoms with van der Waals surface area (Å²) in [5.41, 5.74) is 1.29. The monoisotopic (exact) mass is 238 g/mol. The fourth-order valence-corrected chi connectivity index (χ4v) is 2.83. The highest BCUT2D eigenvalue weighted by molar-refractivity contribution is 8.00. The lowest BCUT2D eigenvalue weighted by molar-refractivity contribution is 0.0454. The van der Waals surface area contributed by atoms with Gasteiger partial charge in [0.25, 0.3) is 0 Å². The van der Waals surface area contributed by atoms with Crippen molar-refractivity contribution in [2.45, 2.75) is 30.2 Å². The van der Waals surface area contributed by atoms with Crippen LogP contribution in [0, 0.1) is 0 Å². The Morgan fingerprint density at radius 3 is 3.06 bits per heavy atom. The fourth-order valence-electron chi connectivity index (χ4n) is 1.69. The molecule has 0 spiro atoms. The molecule has 1 atom stereocenters. The SMILES string of the molecule is CCNC(C)c1cccnc1SC1COC1. The maximum atomic E-state index is 5.19. The molecule has 3 nitrogen and oxygen atoms in total. The molecular formula is C12H18N2OS. The number of rotatable bonds is 5. The van der Waals surface area contributed by atoms with Crippen molar-refractivity contribution in [3.05, 3.63) is 23.9 Å². The zero-order valence-electron chi connectivity index (χ0n) is 9.77. The Morgan fingerprint density at radius 2 is 2.44 bits per heavy atom. The molecule has 1 aliphatic rings. The van der Waals surface area contributed by atoms with Crippen LogP contribution < -0.4 is 5.32 Å². The van der Waals surface area contributed by atoms with Gasteiger partial charge in [-0.1, -0.05) is 24.8 Å². The van der Waals surface area contributed by atoms with E-state index in [4.69, 9.17) is 4.74 Å². The number of nitrogens with one attached hydrogen (secondary N) is 1. The van der Waals surface area contributed by atoms with E-state index in [2.05, 4.69) is 30.2 Å². The van der Waals surface area contributed by atoms with Crippen LogP contribution in [0.15, 0.2) is 23.4 Å². The van der Waals surface area contributed by atoms with Gasteiger partial charge in [0.2, 0.25) is 0 Å². The molecule has 4 heteroatoms. The number of hydrogen-bond donors (Lipinski definition) is 1. The van der Waals surface area contributed by atoms with E-state index in [1.807, 2.05) is 24.0 Å². The fraction of sp³-hybridized carbons (Fsp3) is 0.583. The topological polar surface area (TPSA) is 34.2 Å². The van der Waals surface area contributed by atoms with Gasteiger partial charge in [-0.15, -0.1) is 0 Å². The summed E-state index contributed by atoms with van der Waals surface area (Å²) in [4.78, 5) is 4.47. The number of hydrogen-bond acceptors (Lipinski definition) is 4. The molecule has 0 radical (unpaired) electrons. The van der Waals surface area contributed by atoms with Gasteiger partial charge in [0, 0.05) is 17.8 Å². The zero-order valence-corrected chi connectivity index (χ0v) is 10.6. The van der Waals surface area contributed by atoms with Gasteiger partial charge in [-0.05, 0) is 19.5 Å². The molecule has 1 saturated heterocycles. The number of pyridine rings is 1. The third-order valence-corrected chi connectivity index (χ3v) is 3.83. The van der Waals surface area contributed by atoms with E-state index in [-0.39, 0.29) is 0 Å². The van der Waals surface area contributed by atoms with Crippen LogP contribution in [-0.2, 0) is 4.74 Å². The van der Waals surface area contributed by atoms with Crippen LogP contribution in [0.25, 0.3) is 0 Å². The molecule has 1 fully saturated rings. The molecule has 16 heavy (non-hydrogen) atoms. The Labute approximate surface area is 101 Å². The lowest BCUT2D eigenvalue weighted by Crippen LogP contribution is -2.30. The van der Waals surface area contributed by atoms with Crippen LogP contribution >= 0.6 is 11.8 Å². The maximum Gasteiger partial charge on any atom is 0.101 e. The first-order valence-corrected chi connectivity index (χ1v) is 6.62. The van der Waals surface area contributed by atoms with E-state index in [0.29, 0.717) is 11.3 Å². The highest BCUT2D eigenvalue weighted by Gasteiger charge is 2.22. The second-order valence-corrected chi connectivity index (χ2v) is 5.24. The predicted molar refractivity (Wildman–Crippen MR) is 66.8 cm³/mol. The molecule has 1 aliphatic heterocycles. The first kappa shape index (κ1) is 11.9. The van der Waals surface area contributed by atoms with Crippen LogP contribution in [0.1, 0.15) is 25.5 Å². The highest BCUT2D eigenvalue weighted by Crippen LogP contribution is 2.31. The van der Waals surface area contributed by atoms with Crippen molar-refractivity contribution in [2.75, 3.05) is 19.8 Å². The van der Waals surface area contributed by atoms with Crippen molar-refractivity contribution >= 4 is 11.8 Å². The standard InChI is InChI=1S/C12H18N2OS/c1-3-13-9(2)11-5-4-6-14-12(11)16-10-7-15-8-10/h4-6,9-10,13H,3,7-8H2,1-2H3. The van der Waals surface area contributed by atoms with Crippen LogP contribution in [0.5, 0.6) is 0 Å². The molecule has 0 aromatic carbocycles. The Morgan fingerprint density at radius 1 is 1.62 bits per heavy atom. The molecule has 0 amide bonds. The summed E-state index contributed by atoms with van der Waals surface area (Å²) in [5.74, 6) is 0. The lowest BCUT2D eigenvalue weighted by Gasteiger charge is -2.26. The first-order valence-electron chi connectivity index (χ1n) is 5.74. The van der Waals surface area contributed by atoms with E-state index in [9.17, 15) is 0 Å². The van der Waals surface area contributed by atoms with Crippen LogP contribution in [0.2, 0.25) is 0 Å². The second-order valence-electron chi connectivity index (χ2n) is 3.95. The summed E-state index contributed by atoms with van der Waals surface area (Å²) in [6.45, 7) is 7.00. The summed E-state index contributed by atoms with van der Waals surface area (Å²) in [6, 6.07) is 4.52. The molecule has 1 unspecified atom stereocenters. The summed E-state index contributed by atoms with van der Waals surface area (Å²) in [7, 11) is 0. The molecule has 2 rings (SSSR count). The largest absolute Gasteiger partial charge is 0.379 e. The third kappa shape index (κ3) is 2.75. The predicted octanol–water partition coefficient (Wildman–Crippen LogP) is 2.24. The van der Waals surface area contributed by atoms with Gasteiger partial charge in [-0.25, -0.2) is 4.98 Å². The quantitative estimate of drug-likeness (QED) is 0.853. The van der Waals surface area contributed by atoms with Crippen LogP contribution in [0.4, 0.5) is 0 Å². The zero-order chi connectivity index (χ0) is 11.4. The maximum absolute atomic E-state index is 5.19. The van der Waals surface area contributed by atoms with E-state index in [1.165, 1.54) is 5.56 Å². The van der Waals surface area contributed by atoms with Crippen molar-refractivity contribution in [3.8, 4) is 0 Å².